The number of rotatable bonds is 5. The monoisotopic (exact) mass is 362 g/mol. The summed E-state index contributed by atoms with van der Waals surface area (Å²) in [5.74, 6) is 0.351. The molecular formula is C17H24N5O4+. The molecule has 9 nitrogen and oxygen atoms in total. The van der Waals surface area contributed by atoms with Gasteiger partial charge >= 0.3 is 17.9 Å². The van der Waals surface area contributed by atoms with Crippen LogP contribution >= 0.6 is 0 Å². The summed E-state index contributed by atoms with van der Waals surface area (Å²) in [6.07, 6.45) is 1.86. The van der Waals surface area contributed by atoms with E-state index in [2.05, 4.69) is 18.8 Å². The summed E-state index contributed by atoms with van der Waals surface area (Å²) < 4.78 is 8.69. The minimum atomic E-state index is -0.741. The lowest BCUT2D eigenvalue weighted by Gasteiger charge is -2.32. The molecule has 0 bridgehead atoms. The zero-order chi connectivity index (χ0) is 19.2. The standard InChI is InChI=1S/C17H24N5O4/c1-6-26-12(23)9-22-15(24)13-14(19(5)17(22)25)18-16-20(7-10(2)3)11(4)8-21(13)16/h8,10,13H,6-7,9H2,1-5H3/q+1. The summed E-state index contributed by atoms with van der Waals surface area (Å²) in [6, 6.07) is -1.31. The Morgan fingerprint density at radius 2 is 2.08 bits per heavy atom. The second kappa shape index (κ2) is 6.54. The molecule has 0 N–H and O–H groups in total. The van der Waals surface area contributed by atoms with Gasteiger partial charge in [-0.15, -0.1) is 0 Å². The quantitative estimate of drug-likeness (QED) is 0.572. The number of imidazole rings is 1. The molecule has 0 aromatic carbocycles. The molecule has 2 aliphatic heterocycles. The molecule has 1 unspecified atom stereocenters. The van der Waals surface area contributed by atoms with Crippen molar-refractivity contribution in [3.63, 3.8) is 0 Å². The topological polar surface area (TPSA) is 88.1 Å². The van der Waals surface area contributed by atoms with Crippen LogP contribution in [0.15, 0.2) is 11.2 Å². The first kappa shape index (κ1) is 18.1. The second-order valence-corrected chi connectivity index (χ2v) is 6.93. The number of amides is 3. The van der Waals surface area contributed by atoms with Crippen LogP contribution in [0, 0.1) is 12.8 Å². The Labute approximate surface area is 151 Å². The molecule has 1 aromatic rings. The Hall–Kier alpha value is -2.71. The number of fused-ring (bicyclic) bond motifs is 3. The third kappa shape index (κ3) is 2.77. The average Bonchev–Trinajstić information content (AvgIpc) is 3.06. The van der Waals surface area contributed by atoms with Gasteiger partial charge in [0.1, 0.15) is 18.4 Å². The lowest BCUT2D eigenvalue weighted by Crippen LogP contribution is -2.63. The zero-order valence-electron chi connectivity index (χ0n) is 15.7. The van der Waals surface area contributed by atoms with E-state index in [9.17, 15) is 14.4 Å². The molecule has 140 valence electrons. The smallest absolute Gasteiger partial charge is 0.401 e. The van der Waals surface area contributed by atoms with E-state index in [1.165, 1.54) is 4.90 Å². The van der Waals surface area contributed by atoms with Crippen LogP contribution in [0.2, 0.25) is 0 Å². The van der Waals surface area contributed by atoms with E-state index in [1.54, 1.807) is 18.5 Å². The number of imide groups is 1. The van der Waals surface area contributed by atoms with Crippen molar-refractivity contribution in [2.75, 3.05) is 20.2 Å². The third-order valence-electron chi connectivity index (χ3n) is 4.46. The van der Waals surface area contributed by atoms with Crippen LogP contribution in [-0.4, -0.2) is 58.3 Å². The van der Waals surface area contributed by atoms with Crippen molar-refractivity contribution in [2.24, 2.45) is 10.9 Å². The van der Waals surface area contributed by atoms with Gasteiger partial charge in [0.15, 0.2) is 0 Å². The third-order valence-corrected chi connectivity index (χ3v) is 4.46. The first-order chi connectivity index (χ1) is 12.3. The molecular weight excluding hydrogens is 338 g/mol. The summed E-state index contributed by atoms with van der Waals surface area (Å²) in [7, 11) is 1.56. The molecule has 2 aliphatic rings. The molecule has 0 spiro atoms. The van der Waals surface area contributed by atoms with Crippen LogP contribution < -0.4 is 4.57 Å². The molecule has 3 rings (SSSR count). The molecule has 0 aliphatic carbocycles. The van der Waals surface area contributed by atoms with Gasteiger partial charge in [-0.25, -0.2) is 18.8 Å². The summed E-state index contributed by atoms with van der Waals surface area (Å²) in [5, 5.41) is 0. The van der Waals surface area contributed by atoms with Crippen LogP contribution in [0.5, 0.6) is 0 Å². The molecule has 9 heteroatoms. The van der Waals surface area contributed by atoms with Gasteiger partial charge in [-0.3, -0.25) is 14.5 Å². The van der Waals surface area contributed by atoms with Crippen molar-refractivity contribution in [3.05, 3.63) is 11.9 Å². The Kier molecular flexibility index (Phi) is 4.55. The number of aryl methyl sites for hydroxylation is 1. The van der Waals surface area contributed by atoms with Crippen LogP contribution in [0.25, 0.3) is 0 Å². The van der Waals surface area contributed by atoms with Gasteiger partial charge in [-0.1, -0.05) is 18.8 Å². The Bertz CT molecular complexity index is 810. The predicted molar refractivity (Wildman–Crippen MR) is 91.8 cm³/mol. The maximum atomic E-state index is 13.0. The van der Waals surface area contributed by atoms with Gasteiger partial charge in [-0.05, 0) is 19.8 Å². The number of likely N-dealkylation sites (N-methyl/N-ethyl adjacent to an activating group) is 1. The number of amidine groups is 1. The van der Waals surface area contributed by atoms with E-state index >= 15 is 0 Å². The summed E-state index contributed by atoms with van der Waals surface area (Å²) in [6.45, 7) is 8.39. The maximum absolute atomic E-state index is 13.0. The fourth-order valence-electron chi connectivity index (χ4n) is 3.30. The SMILES string of the molecule is CCOC(=O)CN1C(=O)C2C(=Nc3n(CC(C)C)c(C)c[n+]32)N(C)C1=O. The van der Waals surface area contributed by atoms with Crippen molar-refractivity contribution < 1.29 is 23.7 Å². The van der Waals surface area contributed by atoms with Crippen LogP contribution in [0.4, 0.5) is 10.7 Å². The van der Waals surface area contributed by atoms with Crippen LogP contribution in [0.1, 0.15) is 32.5 Å². The number of carbonyl (C=O) groups is 3. The number of esters is 1. The van der Waals surface area contributed by atoms with Gasteiger partial charge in [-0.2, -0.15) is 0 Å². The fraction of sp³-hybridized carbons (Fsp3) is 0.588. The zero-order valence-corrected chi connectivity index (χ0v) is 15.7. The Balaban J connectivity index is 1.98. The van der Waals surface area contributed by atoms with Crippen molar-refractivity contribution in [1.82, 2.24) is 14.4 Å². The van der Waals surface area contributed by atoms with Gasteiger partial charge in [0, 0.05) is 7.05 Å². The Morgan fingerprint density at radius 1 is 1.38 bits per heavy atom. The number of urea groups is 1. The van der Waals surface area contributed by atoms with E-state index in [0.717, 1.165) is 17.1 Å². The van der Waals surface area contributed by atoms with Crippen molar-refractivity contribution in [2.45, 2.75) is 40.3 Å². The summed E-state index contributed by atoms with van der Waals surface area (Å²) in [4.78, 5) is 44.1. The predicted octanol–water partition coefficient (Wildman–Crippen LogP) is 0.782. The second-order valence-electron chi connectivity index (χ2n) is 6.93. The van der Waals surface area contributed by atoms with Crippen molar-refractivity contribution in [1.29, 1.82) is 0 Å². The normalized spacial score (nSPS) is 19.0. The molecule has 0 radical (unpaired) electrons. The molecule has 1 saturated heterocycles. The van der Waals surface area contributed by atoms with Crippen molar-refractivity contribution in [3.8, 4) is 0 Å². The number of hydrogen-bond acceptors (Lipinski definition) is 5. The van der Waals surface area contributed by atoms with Crippen LogP contribution in [0.3, 0.4) is 0 Å². The van der Waals surface area contributed by atoms with Gasteiger partial charge < -0.3 is 4.74 Å². The number of hydrogen-bond donors (Lipinski definition) is 0. The number of aliphatic imine (C=N–C) groups is 1. The van der Waals surface area contributed by atoms with Crippen molar-refractivity contribution >= 4 is 29.7 Å². The van der Waals surface area contributed by atoms with Crippen LogP contribution in [-0.2, 0) is 20.9 Å². The number of ether oxygens (including phenoxy) is 1. The lowest BCUT2D eigenvalue weighted by atomic mass is 10.1. The molecule has 1 fully saturated rings. The molecule has 1 atom stereocenters. The van der Waals surface area contributed by atoms with Gasteiger partial charge in [0.2, 0.25) is 11.9 Å². The maximum Gasteiger partial charge on any atom is 0.401 e. The highest BCUT2D eigenvalue weighted by atomic mass is 16.5. The van der Waals surface area contributed by atoms with E-state index in [-0.39, 0.29) is 6.61 Å². The summed E-state index contributed by atoms with van der Waals surface area (Å²) in [5.41, 5.74) is 0.987. The van der Waals surface area contributed by atoms with E-state index < -0.39 is 30.5 Å². The highest BCUT2D eigenvalue weighted by Crippen LogP contribution is 2.29. The fourth-order valence-corrected chi connectivity index (χ4v) is 3.30. The van der Waals surface area contributed by atoms with Gasteiger partial charge in [0.25, 0.3) is 5.91 Å². The first-order valence-electron chi connectivity index (χ1n) is 8.70. The molecule has 3 amide bonds. The lowest BCUT2D eigenvalue weighted by molar-refractivity contribution is -0.677. The highest BCUT2D eigenvalue weighted by molar-refractivity contribution is 6.19. The number of nitrogens with zero attached hydrogens (tertiary/aromatic N) is 5. The summed E-state index contributed by atoms with van der Waals surface area (Å²) >= 11 is 0. The molecule has 0 saturated carbocycles. The van der Waals surface area contributed by atoms with E-state index in [1.807, 2.05) is 17.7 Å². The highest BCUT2D eigenvalue weighted by Gasteiger charge is 2.53. The average molecular weight is 362 g/mol. The van der Waals surface area contributed by atoms with Gasteiger partial charge in [0.05, 0.1) is 13.2 Å². The Morgan fingerprint density at radius 3 is 2.69 bits per heavy atom. The molecule has 1 aromatic heterocycles. The largest absolute Gasteiger partial charge is 0.465 e. The number of carbonyl (C=O) groups excluding carboxylic acids is 3. The minimum absolute atomic E-state index is 0.192. The molecule has 3 heterocycles. The first-order valence-corrected chi connectivity index (χ1v) is 8.70. The molecule has 26 heavy (non-hydrogen) atoms. The number of aromatic nitrogens is 2. The minimum Gasteiger partial charge on any atom is -0.465 e. The van der Waals surface area contributed by atoms with E-state index in [0.29, 0.717) is 17.7 Å². The van der Waals surface area contributed by atoms with E-state index in [4.69, 9.17) is 4.74 Å².